The Labute approximate surface area is 123 Å². The fraction of sp³-hybridized carbons (Fsp3) is 0.643. The molecule has 0 bridgehead atoms. The fourth-order valence-corrected chi connectivity index (χ4v) is 3.30. The van der Waals surface area contributed by atoms with Crippen LogP contribution < -0.4 is 5.32 Å². The van der Waals surface area contributed by atoms with Crippen LogP contribution in [0.5, 0.6) is 0 Å². The lowest BCUT2D eigenvalue weighted by Gasteiger charge is -2.25. The number of aryl methyl sites for hydroxylation is 1. The molecule has 0 fully saturated rings. The van der Waals surface area contributed by atoms with Gasteiger partial charge in [-0.2, -0.15) is 0 Å². The molecule has 2 aromatic heterocycles. The quantitative estimate of drug-likeness (QED) is 0.917. The van der Waals surface area contributed by atoms with E-state index < -0.39 is 0 Å². The van der Waals surface area contributed by atoms with Gasteiger partial charge in [-0.25, -0.2) is 4.98 Å². The number of rotatable bonds is 5. The van der Waals surface area contributed by atoms with Gasteiger partial charge in [0, 0.05) is 37.4 Å². The van der Waals surface area contributed by atoms with Crippen LogP contribution in [0.3, 0.4) is 0 Å². The molecule has 1 N–H and O–H groups in total. The first-order chi connectivity index (χ1) is 9.74. The number of thiazole rings is 1. The molecule has 108 valence electrons. The zero-order chi connectivity index (χ0) is 13.9. The molecule has 0 radical (unpaired) electrons. The van der Waals surface area contributed by atoms with Gasteiger partial charge in [0.15, 0.2) is 0 Å². The van der Waals surface area contributed by atoms with E-state index in [1.54, 1.807) is 11.3 Å². The molecule has 1 aliphatic rings. The highest BCUT2D eigenvalue weighted by atomic mass is 32.1. The zero-order valence-corrected chi connectivity index (χ0v) is 12.9. The molecule has 0 saturated carbocycles. The van der Waals surface area contributed by atoms with Gasteiger partial charge >= 0.3 is 0 Å². The van der Waals surface area contributed by atoms with Crippen LogP contribution in [0.25, 0.3) is 0 Å². The largest absolute Gasteiger partial charge is 0.314 e. The average molecular weight is 291 g/mol. The Hall–Kier alpha value is -1.27. The Balaban J connectivity index is 1.56. The molecule has 20 heavy (non-hydrogen) atoms. The van der Waals surface area contributed by atoms with Gasteiger partial charge in [-0.15, -0.1) is 21.5 Å². The third-order valence-corrected chi connectivity index (χ3v) is 4.45. The van der Waals surface area contributed by atoms with Crippen molar-refractivity contribution in [3.05, 3.63) is 28.2 Å². The highest BCUT2D eigenvalue weighted by Gasteiger charge is 2.23. The van der Waals surface area contributed by atoms with Gasteiger partial charge in [-0.1, -0.05) is 13.8 Å². The Morgan fingerprint density at radius 1 is 1.45 bits per heavy atom. The summed E-state index contributed by atoms with van der Waals surface area (Å²) in [6.45, 7) is 7.31. The molecule has 0 unspecified atom stereocenters. The molecule has 0 spiro atoms. The predicted octanol–water partition coefficient (Wildman–Crippen LogP) is 2.21. The van der Waals surface area contributed by atoms with Gasteiger partial charge in [0.2, 0.25) is 0 Å². The molecular formula is C14H21N5S. The second kappa shape index (κ2) is 6.01. The summed E-state index contributed by atoms with van der Waals surface area (Å²) < 4.78 is 2.32. The molecule has 1 aliphatic heterocycles. The molecule has 2 aromatic rings. The van der Waals surface area contributed by atoms with E-state index >= 15 is 0 Å². The fourth-order valence-electron chi connectivity index (χ4n) is 2.74. The molecule has 6 heteroatoms. The number of nitrogens with one attached hydrogen (secondary N) is 1. The van der Waals surface area contributed by atoms with Crippen LogP contribution in [0.4, 0.5) is 0 Å². The Morgan fingerprint density at radius 3 is 3.10 bits per heavy atom. The van der Waals surface area contributed by atoms with E-state index in [1.807, 2.05) is 5.51 Å². The lowest BCUT2D eigenvalue weighted by Crippen LogP contribution is -2.30. The van der Waals surface area contributed by atoms with Crippen molar-refractivity contribution in [1.82, 2.24) is 25.1 Å². The summed E-state index contributed by atoms with van der Waals surface area (Å²) in [7, 11) is 0. The van der Waals surface area contributed by atoms with Crippen molar-refractivity contribution >= 4 is 11.3 Å². The molecule has 3 heterocycles. The van der Waals surface area contributed by atoms with Crippen LogP contribution in [0.1, 0.15) is 43.5 Å². The lowest BCUT2D eigenvalue weighted by atomic mass is 9.98. The third kappa shape index (κ3) is 2.91. The number of fused-ring (bicyclic) bond motifs is 1. The molecule has 0 saturated heterocycles. The third-order valence-electron chi connectivity index (χ3n) is 3.81. The van der Waals surface area contributed by atoms with E-state index in [0.29, 0.717) is 11.8 Å². The summed E-state index contributed by atoms with van der Waals surface area (Å²) in [4.78, 5) is 4.29. The summed E-state index contributed by atoms with van der Waals surface area (Å²) in [5, 5.41) is 14.3. The van der Waals surface area contributed by atoms with Crippen LogP contribution in [0.15, 0.2) is 10.9 Å². The van der Waals surface area contributed by atoms with Crippen molar-refractivity contribution in [3.63, 3.8) is 0 Å². The maximum atomic E-state index is 4.34. The number of nitrogens with zero attached hydrogens (tertiary/aromatic N) is 4. The maximum Gasteiger partial charge on any atom is 0.135 e. The zero-order valence-electron chi connectivity index (χ0n) is 12.0. The standard InChI is InChI=1S/C14H21N5S/c1-10(2)14-18-17-13-4-3-11(7-19(13)14)5-15-6-12-8-20-9-16-12/h8-11,15H,3-7H2,1-2H3/t11-/m1/s1. The van der Waals surface area contributed by atoms with Gasteiger partial charge < -0.3 is 9.88 Å². The summed E-state index contributed by atoms with van der Waals surface area (Å²) in [5.74, 6) is 3.39. The minimum absolute atomic E-state index is 0.443. The van der Waals surface area contributed by atoms with E-state index in [4.69, 9.17) is 0 Å². The van der Waals surface area contributed by atoms with E-state index in [0.717, 1.165) is 43.4 Å². The van der Waals surface area contributed by atoms with Crippen LogP contribution in [0, 0.1) is 5.92 Å². The molecule has 0 amide bonds. The van der Waals surface area contributed by atoms with Gasteiger partial charge in [0.1, 0.15) is 11.6 Å². The summed E-state index contributed by atoms with van der Waals surface area (Å²) in [6.07, 6.45) is 2.24. The number of hydrogen-bond acceptors (Lipinski definition) is 5. The lowest BCUT2D eigenvalue weighted by molar-refractivity contribution is 0.339. The summed E-state index contributed by atoms with van der Waals surface area (Å²) >= 11 is 1.65. The topological polar surface area (TPSA) is 55.6 Å². The van der Waals surface area contributed by atoms with E-state index in [9.17, 15) is 0 Å². The van der Waals surface area contributed by atoms with E-state index in [-0.39, 0.29) is 0 Å². The Bertz CT molecular complexity index is 546. The maximum absolute atomic E-state index is 4.34. The number of hydrogen-bond donors (Lipinski definition) is 1. The molecular weight excluding hydrogens is 270 g/mol. The van der Waals surface area contributed by atoms with Crippen molar-refractivity contribution in [2.45, 2.75) is 45.7 Å². The SMILES string of the molecule is CC(C)c1nnc2n1C[C@@H](CNCc1cscn1)CC2. The molecule has 3 rings (SSSR count). The molecule has 0 aliphatic carbocycles. The van der Waals surface area contributed by atoms with Crippen molar-refractivity contribution < 1.29 is 0 Å². The van der Waals surface area contributed by atoms with E-state index in [2.05, 4.69) is 44.3 Å². The normalized spacial score (nSPS) is 18.4. The monoisotopic (exact) mass is 291 g/mol. The first-order valence-electron chi connectivity index (χ1n) is 7.23. The smallest absolute Gasteiger partial charge is 0.135 e. The highest BCUT2D eigenvalue weighted by molar-refractivity contribution is 7.07. The minimum Gasteiger partial charge on any atom is -0.314 e. The second-order valence-corrected chi connectivity index (χ2v) is 6.47. The van der Waals surface area contributed by atoms with Gasteiger partial charge in [-0.3, -0.25) is 0 Å². The molecule has 0 aromatic carbocycles. The average Bonchev–Trinajstić information content (AvgIpc) is 3.06. The number of aromatic nitrogens is 4. The first-order valence-corrected chi connectivity index (χ1v) is 8.18. The Morgan fingerprint density at radius 2 is 2.35 bits per heavy atom. The van der Waals surface area contributed by atoms with Gasteiger partial charge in [0.25, 0.3) is 0 Å². The second-order valence-electron chi connectivity index (χ2n) is 5.76. The molecule has 5 nitrogen and oxygen atoms in total. The molecule has 1 atom stereocenters. The van der Waals surface area contributed by atoms with Crippen LogP contribution in [0.2, 0.25) is 0 Å². The van der Waals surface area contributed by atoms with Gasteiger partial charge in [-0.05, 0) is 12.3 Å². The summed E-state index contributed by atoms with van der Waals surface area (Å²) in [5.41, 5.74) is 3.02. The Kier molecular flexibility index (Phi) is 4.12. The van der Waals surface area contributed by atoms with Crippen LogP contribution in [-0.2, 0) is 19.5 Å². The van der Waals surface area contributed by atoms with Crippen LogP contribution in [-0.4, -0.2) is 26.3 Å². The first kappa shape index (κ1) is 13.7. The predicted molar refractivity (Wildman–Crippen MR) is 79.7 cm³/mol. The van der Waals surface area contributed by atoms with Crippen molar-refractivity contribution in [2.75, 3.05) is 6.54 Å². The van der Waals surface area contributed by atoms with Crippen molar-refractivity contribution in [3.8, 4) is 0 Å². The van der Waals surface area contributed by atoms with Crippen molar-refractivity contribution in [2.24, 2.45) is 5.92 Å². The summed E-state index contributed by atoms with van der Waals surface area (Å²) in [6, 6.07) is 0. The van der Waals surface area contributed by atoms with Crippen LogP contribution >= 0.6 is 11.3 Å². The van der Waals surface area contributed by atoms with Gasteiger partial charge in [0.05, 0.1) is 11.2 Å². The van der Waals surface area contributed by atoms with Crippen molar-refractivity contribution in [1.29, 1.82) is 0 Å². The van der Waals surface area contributed by atoms with E-state index in [1.165, 1.54) is 6.42 Å². The highest BCUT2D eigenvalue weighted by Crippen LogP contribution is 2.23. The minimum atomic E-state index is 0.443.